The zero-order valence-corrected chi connectivity index (χ0v) is 13.1. The van der Waals surface area contributed by atoms with E-state index in [9.17, 15) is 8.42 Å². The molecular weight excluding hydrogens is 282 g/mol. The van der Waals surface area contributed by atoms with Crippen molar-refractivity contribution in [2.45, 2.75) is 19.9 Å². The molecule has 0 aromatic heterocycles. The van der Waals surface area contributed by atoms with Gasteiger partial charge in [0.05, 0.1) is 11.9 Å². The monoisotopic (exact) mass is 301 g/mol. The maximum absolute atomic E-state index is 11.5. The fourth-order valence-corrected chi connectivity index (χ4v) is 2.25. The van der Waals surface area contributed by atoms with Crippen molar-refractivity contribution in [2.75, 3.05) is 22.9 Å². The molecule has 5 nitrogen and oxygen atoms in total. The van der Waals surface area contributed by atoms with Crippen molar-refractivity contribution in [1.82, 2.24) is 5.32 Å². The zero-order valence-electron chi connectivity index (χ0n) is 11.5. The lowest BCUT2D eigenvalue weighted by Crippen LogP contribution is -2.34. The average molecular weight is 301 g/mol. The minimum atomic E-state index is -3.26. The molecule has 2 N–H and O–H groups in total. The van der Waals surface area contributed by atoms with Gasteiger partial charge in [0, 0.05) is 18.8 Å². The maximum Gasteiger partial charge on any atom is 0.231 e. The molecule has 0 aliphatic carbocycles. The Hall–Kier alpha value is -1.34. The van der Waals surface area contributed by atoms with E-state index in [1.165, 1.54) is 11.4 Å². The molecule has 0 spiro atoms. The number of anilines is 2. The Balaban J connectivity index is 2.86. The van der Waals surface area contributed by atoms with Crippen LogP contribution >= 0.6 is 12.2 Å². The third kappa shape index (κ3) is 5.04. The molecule has 0 amide bonds. The number of hydrogen-bond acceptors (Lipinski definition) is 3. The van der Waals surface area contributed by atoms with Gasteiger partial charge < -0.3 is 10.6 Å². The molecule has 106 valence electrons. The topological polar surface area (TPSA) is 61.4 Å². The molecule has 7 heteroatoms. The number of benzene rings is 1. The van der Waals surface area contributed by atoms with Crippen molar-refractivity contribution in [3.63, 3.8) is 0 Å². The van der Waals surface area contributed by atoms with Crippen LogP contribution in [0, 0.1) is 0 Å². The first-order valence-corrected chi connectivity index (χ1v) is 8.07. The number of nitrogens with one attached hydrogen (secondary N) is 2. The third-order valence-electron chi connectivity index (χ3n) is 2.38. The highest BCUT2D eigenvalue weighted by Gasteiger charge is 2.12. The van der Waals surface area contributed by atoms with Gasteiger partial charge in [-0.25, -0.2) is 8.42 Å². The first-order valence-electron chi connectivity index (χ1n) is 5.81. The van der Waals surface area contributed by atoms with Crippen molar-refractivity contribution >= 4 is 38.7 Å². The summed E-state index contributed by atoms with van der Waals surface area (Å²) in [7, 11) is -1.75. The minimum Gasteiger partial charge on any atom is -0.360 e. The van der Waals surface area contributed by atoms with Crippen LogP contribution in [0.4, 0.5) is 11.4 Å². The lowest BCUT2D eigenvalue weighted by atomic mass is 10.3. The standard InChI is InChI=1S/C12H19N3O2S2/c1-9(2)13-12(18)14-10-6-5-7-11(8-10)15(3)19(4,16)17/h5-9H,1-4H3,(H2,13,14,18). The highest BCUT2D eigenvalue weighted by atomic mass is 32.2. The lowest BCUT2D eigenvalue weighted by molar-refractivity contribution is 0.600. The molecule has 0 aliphatic rings. The SMILES string of the molecule is CC(C)NC(=S)Nc1cccc(N(C)S(C)(=O)=O)c1. The Morgan fingerprint density at radius 3 is 2.53 bits per heavy atom. The number of sulfonamides is 1. The van der Waals surface area contributed by atoms with E-state index in [0.29, 0.717) is 10.8 Å². The van der Waals surface area contributed by atoms with Gasteiger partial charge in [-0.3, -0.25) is 4.31 Å². The number of hydrogen-bond donors (Lipinski definition) is 2. The first-order chi connectivity index (χ1) is 8.70. The van der Waals surface area contributed by atoms with Gasteiger partial charge >= 0.3 is 0 Å². The smallest absolute Gasteiger partial charge is 0.231 e. The molecule has 0 fully saturated rings. The molecule has 0 saturated carbocycles. The van der Waals surface area contributed by atoms with E-state index in [4.69, 9.17) is 12.2 Å². The zero-order chi connectivity index (χ0) is 14.6. The van der Waals surface area contributed by atoms with Crippen molar-refractivity contribution in [2.24, 2.45) is 0 Å². The molecule has 0 bridgehead atoms. The van der Waals surface area contributed by atoms with Gasteiger partial charge in [-0.15, -0.1) is 0 Å². The predicted molar refractivity (Wildman–Crippen MR) is 84.2 cm³/mol. The maximum atomic E-state index is 11.5. The van der Waals surface area contributed by atoms with Gasteiger partial charge in [-0.05, 0) is 44.3 Å². The van der Waals surface area contributed by atoms with Crippen LogP contribution in [-0.4, -0.2) is 32.9 Å². The quantitative estimate of drug-likeness (QED) is 0.830. The second-order valence-corrected chi connectivity index (χ2v) is 6.96. The van der Waals surface area contributed by atoms with Gasteiger partial charge in [0.15, 0.2) is 5.11 Å². The molecule has 0 saturated heterocycles. The van der Waals surface area contributed by atoms with Crippen molar-refractivity contribution in [3.05, 3.63) is 24.3 Å². The number of thiocarbonyl (C=S) groups is 1. The Labute approximate surface area is 120 Å². The van der Waals surface area contributed by atoms with Crippen molar-refractivity contribution < 1.29 is 8.42 Å². The van der Waals surface area contributed by atoms with Crippen LogP contribution in [0.2, 0.25) is 0 Å². The second kappa shape index (κ2) is 6.21. The van der Waals surface area contributed by atoms with E-state index in [0.717, 1.165) is 11.9 Å². The summed E-state index contributed by atoms with van der Waals surface area (Å²) in [5.41, 5.74) is 1.32. The Bertz CT molecular complexity index is 556. The molecule has 0 radical (unpaired) electrons. The summed E-state index contributed by atoms with van der Waals surface area (Å²) in [6.45, 7) is 3.98. The van der Waals surface area contributed by atoms with Crippen molar-refractivity contribution in [3.8, 4) is 0 Å². The molecule has 0 heterocycles. The van der Waals surface area contributed by atoms with E-state index in [1.54, 1.807) is 18.2 Å². The van der Waals surface area contributed by atoms with Crippen LogP contribution < -0.4 is 14.9 Å². The van der Waals surface area contributed by atoms with Gasteiger partial charge in [-0.2, -0.15) is 0 Å². The van der Waals surface area contributed by atoms with E-state index in [1.807, 2.05) is 19.9 Å². The fraction of sp³-hybridized carbons (Fsp3) is 0.417. The second-order valence-electron chi connectivity index (χ2n) is 4.53. The summed E-state index contributed by atoms with van der Waals surface area (Å²) in [6, 6.07) is 7.30. The van der Waals surface area contributed by atoms with Crippen LogP contribution in [0.15, 0.2) is 24.3 Å². The molecule has 0 atom stereocenters. The molecule has 1 rings (SSSR count). The largest absolute Gasteiger partial charge is 0.360 e. The lowest BCUT2D eigenvalue weighted by Gasteiger charge is -2.18. The van der Waals surface area contributed by atoms with E-state index in [-0.39, 0.29) is 6.04 Å². The molecule has 1 aromatic carbocycles. The summed E-state index contributed by atoms with van der Waals surface area (Å²) < 4.78 is 24.2. The summed E-state index contributed by atoms with van der Waals surface area (Å²) in [5, 5.41) is 6.59. The fourth-order valence-electron chi connectivity index (χ4n) is 1.40. The Morgan fingerprint density at radius 2 is 2.00 bits per heavy atom. The Morgan fingerprint density at radius 1 is 1.37 bits per heavy atom. The van der Waals surface area contributed by atoms with E-state index < -0.39 is 10.0 Å². The van der Waals surface area contributed by atoms with Crippen LogP contribution in [0.3, 0.4) is 0 Å². The molecular formula is C12H19N3O2S2. The molecule has 1 aromatic rings. The highest BCUT2D eigenvalue weighted by Crippen LogP contribution is 2.20. The molecule has 0 unspecified atom stereocenters. The predicted octanol–water partition coefficient (Wildman–Crippen LogP) is 1.78. The van der Waals surface area contributed by atoms with E-state index in [2.05, 4.69) is 10.6 Å². The average Bonchev–Trinajstić information content (AvgIpc) is 2.25. The normalized spacial score (nSPS) is 11.2. The first kappa shape index (κ1) is 15.7. The van der Waals surface area contributed by atoms with E-state index >= 15 is 0 Å². The van der Waals surface area contributed by atoms with Gasteiger partial charge in [0.25, 0.3) is 0 Å². The molecule has 19 heavy (non-hydrogen) atoms. The summed E-state index contributed by atoms with van der Waals surface area (Å²) in [6.07, 6.45) is 1.16. The summed E-state index contributed by atoms with van der Waals surface area (Å²) in [5.74, 6) is 0. The van der Waals surface area contributed by atoms with Crippen LogP contribution in [-0.2, 0) is 10.0 Å². The van der Waals surface area contributed by atoms with Gasteiger partial charge in [0.2, 0.25) is 10.0 Å². The Kier molecular flexibility index (Phi) is 5.13. The minimum absolute atomic E-state index is 0.238. The third-order valence-corrected chi connectivity index (χ3v) is 3.81. The number of nitrogens with zero attached hydrogens (tertiary/aromatic N) is 1. The van der Waals surface area contributed by atoms with Crippen LogP contribution in [0.5, 0.6) is 0 Å². The van der Waals surface area contributed by atoms with Crippen molar-refractivity contribution in [1.29, 1.82) is 0 Å². The summed E-state index contributed by atoms with van der Waals surface area (Å²) in [4.78, 5) is 0. The summed E-state index contributed by atoms with van der Waals surface area (Å²) >= 11 is 5.14. The van der Waals surface area contributed by atoms with Crippen LogP contribution in [0.25, 0.3) is 0 Å². The number of rotatable bonds is 4. The van der Waals surface area contributed by atoms with Gasteiger partial charge in [0.1, 0.15) is 0 Å². The van der Waals surface area contributed by atoms with Gasteiger partial charge in [-0.1, -0.05) is 6.07 Å². The highest BCUT2D eigenvalue weighted by molar-refractivity contribution is 7.92. The molecule has 0 aliphatic heterocycles. The van der Waals surface area contributed by atoms with Crippen LogP contribution in [0.1, 0.15) is 13.8 Å².